The highest BCUT2D eigenvalue weighted by Crippen LogP contribution is 2.39. The van der Waals surface area contributed by atoms with E-state index in [4.69, 9.17) is 19.4 Å². The summed E-state index contributed by atoms with van der Waals surface area (Å²) in [4.78, 5) is 31.8. The van der Waals surface area contributed by atoms with E-state index in [1.54, 1.807) is 25.7 Å². The van der Waals surface area contributed by atoms with Gasteiger partial charge in [-0.2, -0.15) is 23.1 Å². The molecule has 4 aromatic rings. The van der Waals surface area contributed by atoms with Crippen LogP contribution in [-0.2, 0) is 4.79 Å². The van der Waals surface area contributed by atoms with Gasteiger partial charge in [0, 0.05) is 38.1 Å². The smallest absolute Gasteiger partial charge is 0.471 e. The number of aliphatic hydroxyl groups is 2. The van der Waals surface area contributed by atoms with Crippen molar-refractivity contribution in [3.05, 3.63) is 66.0 Å². The Bertz CT molecular complexity index is 1810. The number of fused-ring (bicyclic) bond motifs is 1. The molecule has 53 heavy (non-hydrogen) atoms. The van der Waals surface area contributed by atoms with Crippen molar-refractivity contribution in [1.29, 1.82) is 0 Å². The van der Waals surface area contributed by atoms with Crippen molar-refractivity contribution in [2.45, 2.75) is 68.6 Å². The third-order valence-electron chi connectivity index (χ3n) is 10.4. The normalized spacial score (nSPS) is 21.9. The Kier molecular flexibility index (Phi) is 11.3. The molecule has 0 bridgehead atoms. The summed E-state index contributed by atoms with van der Waals surface area (Å²) in [6.45, 7) is 3.19. The summed E-state index contributed by atoms with van der Waals surface area (Å²) in [6, 6.07) is 13.7. The molecule has 3 N–H and O–H groups in total. The molecule has 3 heterocycles. The van der Waals surface area contributed by atoms with Crippen LogP contribution in [0.25, 0.3) is 11.2 Å². The Labute approximate surface area is 306 Å². The van der Waals surface area contributed by atoms with E-state index in [0.717, 1.165) is 29.0 Å². The number of anilines is 2. The predicted molar refractivity (Wildman–Crippen MR) is 193 cm³/mol. The molecule has 2 aliphatic rings. The maximum atomic E-state index is 13.6. The van der Waals surface area contributed by atoms with Crippen molar-refractivity contribution in [3.8, 4) is 11.5 Å². The van der Waals surface area contributed by atoms with Crippen LogP contribution >= 0.6 is 0 Å². The molecule has 286 valence electrons. The average Bonchev–Trinajstić information content (AvgIpc) is 3.89. The highest BCUT2D eigenvalue weighted by molar-refractivity contribution is 5.85. The summed E-state index contributed by atoms with van der Waals surface area (Å²) in [5.41, 5.74) is 2.78. The summed E-state index contributed by atoms with van der Waals surface area (Å²) in [6.07, 6.45) is -5.79. The van der Waals surface area contributed by atoms with Gasteiger partial charge in [-0.05, 0) is 68.8 Å². The molecule has 0 spiro atoms. The number of hydrogen-bond acceptors (Lipinski definition) is 11. The van der Waals surface area contributed by atoms with Crippen molar-refractivity contribution < 1.29 is 37.7 Å². The number of benzene rings is 2. The number of carbonyl (C=O) groups is 1. The third-order valence-corrected chi connectivity index (χ3v) is 10.4. The van der Waals surface area contributed by atoms with E-state index in [1.807, 2.05) is 62.6 Å². The molecule has 1 saturated heterocycles. The van der Waals surface area contributed by atoms with E-state index in [9.17, 15) is 28.2 Å². The Morgan fingerprint density at radius 2 is 1.62 bits per heavy atom. The molecule has 0 unspecified atom stereocenters. The van der Waals surface area contributed by atoms with Gasteiger partial charge in [0.2, 0.25) is 5.95 Å². The van der Waals surface area contributed by atoms with Gasteiger partial charge in [0.15, 0.2) is 17.0 Å². The highest BCUT2D eigenvalue weighted by atomic mass is 19.4. The number of hydrogen-bond donors (Lipinski definition) is 3. The van der Waals surface area contributed by atoms with Crippen LogP contribution in [0.3, 0.4) is 0 Å². The molecule has 6 rings (SSSR count). The maximum Gasteiger partial charge on any atom is 0.471 e. The molecule has 2 fully saturated rings. The van der Waals surface area contributed by atoms with Crippen LogP contribution in [0.1, 0.15) is 49.3 Å². The molecule has 1 amide bonds. The van der Waals surface area contributed by atoms with Gasteiger partial charge in [0.05, 0.1) is 32.6 Å². The third kappa shape index (κ3) is 7.85. The van der Waals surface area contributed by atoms with E-state index in [0.29, 0.717) is 47.5 Å². The van der Waals surface area contributed by atoms with Crippen molar-refractivity contribution in [1.82, 2.24) is 29.3 Å². The van der Waals surface area contributed by atoms with Crippen LogP contribution in [-0.4, -0.2) is 130 Å². The number of aliphatic hydroxyl groups excluding tert-OH is 2. The number of ether oxygens (including phenoxy) is 2. The Morgan fingerprint density at radius 1 is 1.00 bits per heavy atom. The van der Waals surface area contributed by atoms with Crippen molar-refractivity contribution in [3.63, 3.8) is 0 Å². The Balaban J connectivity index is 1.38. The van der Waals surface area contributed by atoms with Gasteiger partial charge in [-0.25, -0.2) is 4.98 Å². The number of alkyl halides is 3. The van der Waals surface area contributed by atoms with Gasteiger partial charge in [-0.3, -0.25) is 4.79 Å². The number of amides is 1. The van der Waals surface area contributed by atoms with Gasteiger partial charge in [-0.15, -0.1) is 0 Å². The second-order valence-electron chi connectivity index (χ2n) is 13.9. The largest absolute Gasteiger partial charge is 0.497 e. The second kappa shape index (κ2) is 15.7. The number of nitrogens with one attached hydrogen (secondary N) is 1. The molecule has 0 radical (unpaired) electrons. The Hall–Kier alpha value is -4.67. The minimum Gasteiger partial charge on any atom is -0.497 e. The Morgan fingerprint density at radius 3 is 2.15 bits per heavy atom. The zero-order valence-electron chi connectivity index (χ0n) is 30.5. The monoisotopic (exact) mass is 740 g/mol. The minimum absolute atomic E-state index is 0.138. The standard InChI is InChI=1S/C37H47F3N8O5/c1-6-16-47(35(51)37(38,39)40)28-18-29(32(50)31(28)49)48-21-42-30-33(43-36(44-34(30)48)46-17-15-24(20-46)45(2)3)41-19-27(22-7-11-25(52-4)12-8-22)23-9-13-26(53-5)14-10-23/h7-14,21,24,27-29,31-32,49-50H,6,15-20H2,1-5H3,(H,41,43,44)/t24-,28+,29-,31-,32+/m1/s1. The summed E-state index contributed by atoms with van der Waals surface area (Å²) >= 11 is 0. The lowest BCUT2D eigenvalue weighted by molar-refractivity contribution is -0.190. The molecular weight excluding hydrogens is 693 g/mol. The lowest BCUT2D eigenvalue weighted by Gasteiger charge is -2.31. The number of imidazole rings is 1. The van der Waals surface area contributed by atoms with Crippen LogP contribution in [0.15, 0.2) is 54.9 Å². The molecule has 16 heteroatoms. The molecular formula is C37H47F3N8O5. The highest BCUT2D eigenvalue weighted by Gasteiger charge is 2.51. The fraction of sp³-hybridized carbons (Fsp3) is 0.514. The van der Waals surface area contributed by atoms with E-state index >= 15 is 0 Å². The van der Waals surface area contributed by atoms with Crippen LogP contribution in [0.2, 0.25) is 0 Å². The average molecular weight is 741 g/mol. The van der Waals surface area contributed by atoms with Gasteiger partial charge < -0.3 is 44.3 Å². The first-order valence-corrected chi connectivity index (χ1v) is 17.8. The molecule has 5 atom stereocenters. The molecule has 1 saturated carbocycles. The zero-order chi connectivity index (χ0) is 38.0. The zero-order valence-corrected chi connectivity index (χ0v) is 30.5. The van der Waals surface area contributed by atoms with Crippen molar-refractivity contribution >= 4 is 28.8 Å². The first-order valence-electron chi connectivity index (χ1n) is 17.8. The lowest BCUT2D eigenvalue weighted by Crippen LogP contribution is -2.51. The molecule has 2 aromatic carbocycles. The number of rotatable bonds is 13. The predicted octanol–water partition coefficient (Wildman–Crippen LogP) is 4.06. The van der Waals surface area contributed by atoms with Crippen LogP contribution in [0, 0.1) is 0 Å². The summed E-state index contributed by atoms with van der Waals surface area (Å²) in [5, 5.41) is 25.9. The first-order chi connectivity index (χ1) is 25.3. The van der Waals surface area contributed by atoms with E-state index in [1.165, 1.54) is 6.33 Å². The van der Waals surface area contributed by atoms with Gasteiger partial charge in [0.25, 0.3) is 0 Å². The fourth-order valence-electron chi connectivity index (χ4n) is 7.45. The van der Waals surface area contributed by atoms with E-state index < -0.39 is 36.4 Å². The first kappa shape index (κ1) is 38.1. The van der Waals surface area contributed by atoms with Crippen molar-refractivity contribution in [2.75, 3.05) is 64.7 Å². The molecule has 13 nitrogen and oxygen atoms in total. The van der Waals surface area contributed by atoms with Crippen LogP contribution in [0.5, 0.6) is 11.5 Å². The molecule has 2 aromatic heterocycles. The molecule has 1 aliphatic heterocycles. The number of carbonyl (C=O) groups excluding carboxylic acids is 1. The number of likely N-dealkylation sites (N-methyl/N-ethyl adjacent to an activating group) is 1. The summed E-state index contributed by atoms with van der Waals surface area (Å²) in [5.74, 6) is 0.138. The topological polar surface area (TPSA) is 141 Å². The van der Waals surface area contributed by atoms with Crippen LogP contribution < -0.4 is 19.7 Å². The SMILES string of the molecule is CCCN(C(=O)C(F)(F)F)[C@H]1C[C@@H](n2cnc3c(NCC(c4ccc(OC)cc4)c4ccc(OC)cc4)nc(N4CC[C@@H](N(C)C)C4)nc32)[C@H](O)[C@@H]1O. The van der Waals surface area contributed by atoms with E-state index in [-0.39, 0.29) is 31.3 Å². The summed E-state index contributed by atoms with van der Waals surface area (Å²) < 4.78 is 53.2. The fourth-order valence-corrected chi connectivity index (χ4v) is 7.45. The van der Waals surface area contributed by atoms with E-state index in [2.05, 4.69) is 20.1 Å². The second-order valence-corrected chi connectivity index (χ2v) is 13.9. The van der Waals surface area contributed by atoms with Crippen LogP contribution in [0.4, 0.5) is 24.9 Å². The van der Waals surface area contributed by atoms with Gasteiger partial charge in [-0.1, -0.05) is 31.2 Å². The summed E-state index contributed by atoms with van der Waals surface area (Å²) in [7, 11) is 7.27. The quantitative estimate of drug-likeness (QED) is 0.183. The number of aromatic nitrogens is 4. The van der Waals surface area contributed by atoms with Gasteiger partial charge in [0.1, 0.15) is 23.7 Å². The minimum atomic E-state index is -5.13. The van der Waals surface area contributed by atoms with Crippen molar-refractivity contribution in [2.24, 2.45) is 0 Å². The maximum absolute atomic E-state index is 13.6. The number of nitrogens with zero attached hydrogens (tertiary/aromatic N) is 7. The number of methoxy groups -OCH3 is 2. The van der Waals surface area contributed by atoms with Gasteiger partial charge >= 0.3 is 12.1 Å². The number of halogens is 3. The molecule has 1 aliphatic carbocycles. The lowest BCUT2D eigenvalue weighted by atomic mass is 9.91.